The lowest BCUT2D eigenvalue weighted by Gasteiger charge is -2.22. The highest BCUT2D eigenvalue weighted by Gasteiger charge is 2.17. The summed E-state index contributed by atoms with van der Waals surface area (Å²) in [6, 6.07) is 8.73. The molecule has 1 aliphatic heterocycles. The second kappa shape index (κ2) is 7.57. The molecule has 1 aromatic heterocycles. The lowest BCUT2D eigenvalue weighted by Crippen LogP contribution is -2.21. The largest absolute Gasteiger partial charge is 0.478 e. The van der Waals surface area contributed by atoms with E-state index in [2.05, 4.69) is 4.98 Å². The Kier molecular flexibility index (Phi) is 4.97. The Morgan fingerprint density at radius 1 is 1.29 bits per heavy atom. The number of carboxylic acids is 1. The summed E-state index contributed by atoms with van der Waals surface area (Å²) in [7, 11) is 0. The molecule has 0 saturated carbocycles. The normalized spacial score (nSPS) is 17.1. The molecule has 0 amide bonds. The number of imidazole rings is 1. The number of benzene rings is 2. The first-order chi connectivity index (χ1) is 13.5. The van der Waals surface area contributed by atoms with Crippen molar-refractivity contribution in [3.05, 3.63) is 63.8 Å². The van der Waals surface area contributed by atoms with E-state index in [9.17, 15) is 14.0 Å². The Hall–Kier alpha value is -2.97. The second-order valence-corrected chi connectivity index (χ2v) is 6.70. The zero-order chi connectivity index (χ0) is 19.7. The lowest BCUT2D eigenvalue weighted by atomic mass is 10.1. The molecule has 2 aromatic carbocycles. The van der Waals surface area contributed by atoms with Gasteiger partial charge < -0.3 is 19.6 Å². The maximum absolute atomic E-state index is 14.4. The highest BCUT2D eigenvalue weighted by atomic mass is 19.1. The highest BCUT2D eigenvalue weighted by molar-refractivity contribution is 5.88. The number of aromatic nitrogens is 2. The van der Waals surface area contributed by atoms with Crippen LogP contribution in [-0.4, -0.2) is 33.5 Å². The first-order valence-corrected chi connectivity index (χ1v) is 9.03. The molecular formula is C20H19FN2O5. The number of halogens is 1. The van der Waals surface area contributed by atoms with Gasteiger partial charge in [-0.05, 0) is 55.2 Å². The van der Waals surface area contributed by atoms with Gasteiger partial charge in [0.15, 0.2) is 6.29 Å². The highest BCUT2D eigenvalue weighted by Crippen LogP contribution is 2.22. The van der Waals surface area contributed by atoms with Crippen molar-refractivity contribution >= 4 is 17.0 Å². The smallest absolute Gasteiger partial charge is 0.335 e. The number of H-pyrrole nitrogens is 1. The average Bonchev–Trinajstić information content (AvgIpc) is 3.02. The summed E-state index contributed by atoms with van der Waals surface area (Å²) in [4.78, 5) is 26.1. The number of nitrogens with zero attached hydrogens (tertiary/aromatic N) is 1. The summed E-state index contributed by atoms with van der Waals surface area (Å²) >= 11 is 0. The molecule has 0 spiro atoms. The molecule has 28 heavy (non-hydrogen) atoms. The Labute approximate surface area is 159 Å². The molecule has 1 fully saturated rings. The Bertz CT molecular complexity index is 1080. The number of nitrogens with one attached hydrogen (secondary N) is 1. The summed E-state index contributed by atoms with van der Waals surface area (Å²) < 4.78 is 26.9. The molecule has 1 unspecified atom stereocenters. The minimum atomic E-state index is -1.23. The first-order valence-electron chi connectivity index (χ1n) is 9.03. The van der Waals surface area contributed by atoms with Crippen LogP contribution in [0.5, 0.6) is 0 Å². The number of aromatic carboxylic acids is 1. The fourth-order valence-electron chi connectivity index (χ4n) is 3.34. The topological polar surface area (TPSA) is 93.6 Å². The number of rotatable bonds is 5. The standard InChI is InChI=1S/C20H19FN2O5/c21-14-10-13(19(24)25)5-7-16(14)23-17-6-4-12(9-15(17)22-20(23)26)11-28-18-3-1-2-8-27-18/h4-7,9-10,18H,1-3,8,11H2,(H,22,26)(H,24,25). The predicted octanol–water partition coefficient (Wildman–Crippen LogP) is 3.20. The van der Waals surface area contributed by atoms with Crippen molar-refractivity contribution in [3.8, 4) is 5.69 Å². The van der Waals surface area contributed by atoms with E-state index in [1.165, 1.54) is 16.7 Å². The van der Waals surface area contributed by atoms with E-state index in [0.717, 1.165) is 30.9 Å². The van der Waals surface area contributed by atoms with Crippen molar-refractivity contribution in [1.29, 1.82) is 0 Å². The third-order valence-electron chi connectivity index (χ3n) is 4.76. The van der Waals surface area contributed by atoms with E-state index in [-0.39, 0.29) is 17.5 Å². The Morgan fingerprint density at radius 3 is 2.86 bits per heavy atom. The monoisotopic (exact) mass is 386 g/mol. The molecule has 7 nitrogen and oxygen atoms in total. The zero-order valence-corrected chi connectivity index (χ0v) is 15.0. The van der Waals surface area contributed by atoms with E-state index >= 15 is 0 Å². The minimum Gasteiger partial charge on any atom is -0.478 e. The van der Waals surface area contributed by atoms with Gasteiger partial charge in [0.1, 0.15) is 5.82 Å². The second-order valence-electron chi connectivity index (χ2n) is 6.70. The van der Waals surface area contributed by atoms with Crippen molar-refractivity contribution in [2.75, 3.05) is 6.61 Å². The van der Waals surface area contributed by atoms with Crippen LogP contribution < -0.4 is 5.69 Å². The van der Waals surface area contributed by atoms with Gasteiger partial charge in [-0.15, -0.1) is 0 Å². The van der Waals surface area contributed by atoms with Gasteiger partial charge in [-0.2, -0.15) is 0 Å². The molecular weight excluding hydrogens is 367 g/mol. The van der Waals surface area contributed by atoms with Gasteiger partial charge in [0.2, 0.25) is 0 Å². The molecule has 2 heterocycles. The zero-order valence-electron chi connectivity index (χ0n) is 15.0. The van der Waals surface area contributed by atoms with Crippen molar-refractivity contribution in [3.63, 3.8) is 0 Å². The van der Waals surface area contributed by atoms with E-state index < -0.39 is 17.5 Å². The van der Waals surface area contributed by atoms with E-state index in [0.29, 0.717) is 24.2 Å². The summed E-state index contributed by atoms with van der Waals surface area (Å²) in [6.45, 7) is 1.04. The SMILES string of the molecule is O=C(O)c1ccc(-n2c(=O)[nH]c3cc(COC4CCCCO4)ccc32)c(F)c1. The molecule has 8 heteroatoms. The molecule has 1 atom stereocenters. The van der Waals surface area contributed by atoms with Crippen molar-refractivity contribution in [2.24, 2.45) is 0 Å². The number of aromatic amines is 1. The molecule has 0 aliphatic carbocycles. The van der Waals surface area contributed by atoms with Gasteiger partial charge in [-0.1, -0.05) is 6.07 Å². The summed E-state index contributed by atoms with van der Waals surface area (Å²) in [5.74, 6) is -2.02. The van der Waals surface area contributed by atoms with Crippen LogP contribution in [0.15, 0.2) is 41.2 Å². The molecule has 3 aromatic rings. The van der Waals surface area contributed by atoms with Crippen molar-refractivity contribution < 1.29 is 23.8 Å². The van der Waals surface area contributed by atoms with Gasteiger partial charge in [0, 0.05) is 6.61 Å². The number of fused-ring (bicyclic) bond motifs is 1. The molecule has 2 N–H and O–H groups in total. The molecule has 146 valence electrons. The Balaban J connectivity index is 1.63. The third kappa shape index (κ3) is 3.56. The maximum Gasteiger partial charge on any atom is 0.335 e. The van der Waals surface area contributed by atoms with Crippen LogP contribution in [0.2, 0.25) is 0 Å². The van der Waals surface area contributed by atoms with Gasteiger partial charge in [-0.3, -0.25) is 4.57 Å². The maximum atomic E-state index is 14.4. The fraction of sp³-hybridized carbons (Fsp3) is 0.300. The molecule has 4 rings (SSSR count). The van der Waals surface area contributed by atoms with E-state index in [4.69, 9.17) is 14.6 Å². The van der Waals surface area contributed by atoms with Crippen LogP contribution in [0.25, 0.3) is 16.7 Å². The summed E-state index contributed by atoms with van der Waals surface area (Å²) in [5.41, 5.74) is 1.18. The van der Waals surface area contributed by atoms with Crippen LogP contribution in [0.4, 0.5) is 4.39 Å². The fourth-order valence-corrected chi connectivity index (χ4v) is 3.34. The predicted molar refractivity (Wildman–Crippen MR) is 99.2 cm³/mol. The number of hydrogen-bond donors (Lipinski definition) is 2. The Morgan fingerprint density at radius 2 is 2.14 bits per heavy atom. The molecule has 1 aliphatic rings. The van der Waals surface area contributed by atoms with E-state index in [1.54, 1.807) is 18.2 Å². The first kappa shape index (κ1) is 18.4. The number of hydrogen-bond acceptors (Lipinski definition) is 4. The van der Waals surface area contributed by atoms with Crippen LogP contribution in [-0.2, 0) is 16.1 Å². The van der Waals surface area contributed by atoms with Crippen molar-refractivity contribution in [2.45, 2.75) is 32.2 Å². The van der Waals surface area contributed by atoms with Gasteiger partial charge >= 0.3 is 11.7 Å². The molecule has 0 bridgehead atoms. The van der Waals surface area contributed by atoms with Crippen LogP contribution in [0, 0.1) is 5.82 Å². The van der Waals surface area contributed by atoms with E-state index in [1.807, 2.05) is 0 Å². The number of carbonyl (C=O) groups is 1. The average molecular weight is 386 g/mol. The van der Waals surface area contributed by atoms with Gasteiger partial charge in [-0.25, -0.2) is 14.0 Å². The van der Waals surface area contributed by atoms with Crippen LogP contribution >= 0.6 is 0 Å². The van der Waals surface area contributed by atoms with Crippen LogP contribution in [0.1, 0.15) is 35.2 Å². The minimum absolute atomic E-state index is 0.0131. The number of carboxylic acid groups (broad SMARTS) is 1. The third-order valence-corrected chi connectivity index (χ3v) is 4.76. The molecule has 0 radical (unpaired) electrons. The van der Waals surface area contributed by atoms with Gasteiger partial charge in [0.05, 0.1) is 28.9 Å². The molecule has 1 saturated heterocycles. The quantitative estimate of drug-likeness (QED) is 0.702. The van der Waals surface area contributed by atoms with Crippen LogP contribution in [0.3, 0.4) is 0 Å². The number of ether oxygens (including phenoxy) is 2. The summed E-state index contributed by atoms with van der Waals surface area (Å²) in [6.07, 6.45) is 2.77. The van der Waals surface area contributed by atoms with Crippen molar-refractivity contribution in [1.82, 2.24) is 9.55 Å². The summed E-state index contributed by atoms with van der Waals surface area (Å²) in [5, 5.41) is 8.97. The lowest BCUT2D eigenvalue weighted by molar-refractivity contribution is -0.168. The van der Waals surface area contributed by atoms with Gasteiger partial charge in [0.25, 0.3) is 0 Å².